The first kappa shape index (κ1) is 11.6. The second-order valence-corrected chi connectivity index (χ2v) is 3.73. The Bertz CT molecular complexity index is 346. The van der Waals surface area contributed by atoms with E-state index in [1.807, 2.05) is 19.1 Å². The van der Waals surface area contributed by atoms with Crippen molar-refractivity contribution in [2.75, 3.05) is 7.11 Å². The molecule has 0 fully saturated rings. The molecule has 0 aromatic heterocycles. The van der Waals surface area contributed by atoms with E-state index in [4.69, 9.17) is 4.74 Å². The SMILES string of the molecule is C=C(C)C(=C)CCc1ccc(OC)cc1. The van der Waals surface area contributed by atoms with Crippen LogP contribution < -0.4 is 4.74 Å². The Morgan fingerprint density at radius 2 is 1.80 bits per heavy atom. The number of methoxy groups -OCH3 is 1. The maximum absolute atomic E-state index is 5.10. The monoisotopic (exact) mass is 202 g/mol. The molecular weight excluding hydrogens is 184 g/mol. The van der Waals surface area contributed by atoms with Gasteiger partial charge in [-0.05, 0) is 37.5 Å². The smallest absolute Gasteiger partial charge is 0.118 e. The molecule has 0 aliphatic heterocycles. The van der Waals surface area contributed by atoms with Crippen LogP contribution in [0.15, 0.2) is 48.6 Å². The third kappa shape index (κ3) is 3.62. The van der Waals surface area contributed by atoms with Crippen LogP contribution in [0.1, 0.15) is 18.9 Å². The molecule has 0 amide bonds. The van der Waals surface area contributed by atoms with Crippen molar-refractivity contribution in [2.24, 2.45) is 0 Å². The first-order valence-corrected chi connectivity index (χ1v) is 5.10. The fraction of sp³-hybridized carbons (Fsp3) is 0.286. The first-order valence-electron chi connectivity index (χ1n) is 5.10. The molecule has 0 unspecified atom stereocenters. The van der Waals surface area contributed by atoms with E-state index in [1.54, 1.807) is 7.11 Å². The van der Waals surface area contributed by atoms with Gasteiger partial charge in [0.15, 0.2) is 0 Å². The minimum atomic E-state index is 0.900. The van der Waals surface area contributed by atoms with Gasteiger partial charge in [0.05, 0.1) is 7.11 Å². The Labute approximate surface area is 92.1 Å². The largest absolute Gasteiger partial charge is 0.497 e. The lowest BCUT2D eigenvalue weighted by Gasteiger charge is -2.05. The predicted molar refractivity (Wildman–Crippen MR) is 65.3 cm³/mol. The molecule has 0 atom stereocenters. The molecule has 1 aromatic carbocycles. The lowest BCUT2D eigenvalue weighted by molar-refractivity contribution is 0.414. The van der Waals surface area contributed by atoms with Gasteiger partial charge >= 0.3 is 0 Å². The average Bonchev–Trinajstić information content (AvgIpc) is 2.26. The van der Waals surface area contributed by atoms with Crippen LogP contribution in [0.5, 0.6) is 5.75 Å². The van der Waals surface area contributed by atoms with Crippen molar-refractivity contribution in [1.82, 2.24) is 0 Å². The zero-order chi connectivity index (χ0) is 11.3. The Hall–Kier alpha value is -1.50. The molecule has 0 N–H and O–H groups in total. The van der Waals surface area contributed by atoms with Crippen LogP contribution in [-0.2, 0) is 6.42 Å². The average molecular weight is 202 g/mol. The fourth-order valence-electron chi connectivity index (χ4n) is 1.30. The summed E-state index contributed by atoms with van der Waals surface area (Å²) in [6.07, 6.45) is 1.98. The van der Waals surface area contributed by atoms with E-state index >= 15 is 0 Å². The molecule has 0 saturated heterocycles. The summed E-state index contributed by atoms with van der Waals surface area (Å²) in [5.41, 5.74) is 3.51. The normalized spacial score (nSPS) is 9.73. The maximum Gasteiger partial charge on any atom is 0.118 e. The van der Waals surface area contributed by atoms with Crippen LogP contribution in [0.4, 0.5) is 0 Å². The summed E-state index contributed by atoms with van der Waals surface area (Å²) >= 11 is 0. The Kier molecular flexibility index (Phi) is 4.17. The minimum Gasteiger partial charge on any atom is -0.497 e. The number of aryl methyl sites for hydroxylation is 1. The van der Waals surface area contributed by atoms with Crippen molar-refractivity contribution in [1.29, 1.82) is 0 Å². The third-order valence-corrected chi connectivity index (χ3v) is 2.48. The van der Waals surface area contributed by atoms with Crippen LogP contribution >= 0.6 is 0 Å². The van der Waals surface area contributed by atoms with Gasteiger partial charge in [0.1, 0.15) is 5.75 Å². The minimum absolute atomic E-state index is 0.900. The molecule has 1 aromatic rings. The molecule has 0 saturated carbocycles. The van der Waals surface area contributed by atoms with E-state index in [0.29, 0.717) is 0 Å². The maximum atomic E-state index is 5.10. The number of benzene rings is 1. The topological polar surface area (TPSA) is 9.23 Å². The summed E-state index contributed by atoms with van der Waals surface area (Å²) in [5, 5.41) is 0. The zero-order valence-corrected chi connectivity index (χ0v) is 9.55. The molecular formula is C14H18O. The van der Waals surface area contributed by atoms with Crippen molar-refractivity contribution < 1.29 is 4.74 Å². The van der Waals surface area contributed by atoms with Crippen molar-refractivity contribution in [2.45, 2.75) is 19.8 Å². The molecule has 0 heterocycles. The fourth-order valence-corrected chi connectivity index (χ4v) is 1.30. The molecule has 1 nitrogen and oxygen atoms in total. The zero-order valence-electron chi connectivity index (χ0n) is 9.55. The van der Waals surface area contributed by atoms with Crippen molar-refractivity contribution in [3.63, 3.8) is 0 Å². The van der Waals surface area contributed by atoms with Gasteiger partial charge < -0.3 is 4.74 Å². The molecule has 15 heavy (non-hydrogen) atoms. The molecule has 0 aliphatic rings. The summed E-state index contributed by atoms with van der Waals surface area (Å²) in [7, 11) is 1.68. The third-order valence-electron chi connectivity index (χ3n) is 2.48. The molecule has 80 valence electrons. The van der Waals surface area contributed by atoms with E-state index < -0.39 is 0 Å². The van der Waals surface area contributed by atoms with Crippen molar-refractivity contribution >= 4 is 0 Å². The van der Waals surface area contributed by atoms with Crippen LogP contribution in [0, 0.1) is 0 Å². The summed E-state index contributed by atoms with van der Waals surface area (Å²) in [4.78, 5) is 0. The second-order valence-electron chi connectivity index (χ2n) is 3.73. The predicted octanol–water partition coefficient (Wildman–Crippen LogP) is 3.76. The lowest BCUT2D eigenvalue weighted by Crippen LogP contribution is -1.89. The van der Waals surface area contributed by atoms with Crippen LogP contribution in [0.25, 0.3) is 0 Å². The highest BCUT2D eigenvalue weighted by Gasteiger charge is 1.98. The van der Waals surface area contributed by atoms with Gasteiger partial charge in [0.2, 0.25) is 0 Å². The van der Waals surface area contributed by atoms with Gasteiger partial charge in [-0.1, -0.05) is 36.4 Å². The van der Waals surface area contributed by atoms with Crippen molar-refractivity contribution in [3.05, 3.63) is 54.1 Å². The quantitative estimate of drug-likeness (QED) is 0.660. The van der Waals surface area contributed by atoms with Gasteiger partial charge in [-0.3, -0.25) is 0 Å². The Morgan fingerprint density at radius 3 is 2.27 bits per heavy atom. The number of hydrogen-bond acceptors (Lipinski definition) is 1. The summed E-state index contributed by atoms with van der Waals surface area (Å²) < 4.78 is 5.10. The van der Waals surface area contributed by atoms with Gasteiger partial charge in [-0.25, -0.2) is 0 Å². The highest BCUT2D eigenvalue weighted by atomic mass is 16.5. The Morgan fingerprint density at radius 1 is 1.20 bits per heavy atom. The summed E-state index contributed by atoms with van der Waals surface area (Å²) in [5.74, 6) is 0.900. The van der Waals surface area contributed by atoms with Crippen LogP contribution in [0.2, 0.25) is 0 Å². The molecule has 1 heteroatoms. The first-order chi connectivity index (χ1) is 7.13. The summed E-state index contributed by atoms with van der Waals surface area (Å²) in [6, 6.07) is 8.15. The standard InChI is InChI=1S/C14H18O/c1-11(2)12(3)5-6-13-7-9-14(15-4)10-8-13/h7-10H,1,3,5-6H2,2,4H3. The van der Waals surface area contributed by atoms with E-state index in [-0.39, 0.29) is 0 Å². The van der Waals surface area contributed by atoms with Crippen molar-refractivity contribution in [3.8, 4) is 5.75 Å². The molecule has 0 aliphatic carbocycles. The molecule has 1 rings (SSSR count). The number of rotatable bonds is 5. The van der Waals surface area contributed by atoms with Crippen LogP contribution in [-0.4, -0.2) is 7.11 Å². The van der Waals surface area contributed by atoms with E-state index in [2.05, 4.69) is 25.3 Å². The van der Waals surface area contributed by atoms with Gasteiger partial charge in [0, 0.05) is 0 Å². The van der Waals surface area contributed by atoms with Gasteiger partial charge in [0.25, 0.3) is 0 Å². The number of hydrogen-bond donors (Lipinski definition) is 0. The van der Waals surface area contributed by atoms with Crippen LogP contribution in [0.3, 0.4) is 0 Å². The highest BCUT2D eigenvalue weighted by Crippen LogP contribution is 2.16. The number of allylic oxidation sites excluding steroid dienone is 2. The lowest BCUT2D eigenvalue weighted by atomic mass is 10.0. The summed E-state index contributed by atoms with van der Waals surface area (Å²) in [6.45, 7) is 9.85. The van der Waals surface area contributed by atoms with E-state index in [0.717, 1.165) is 29.7 Å². The molecule has 0 spiro atoms. The number of ether oxygens (including phenoxy) is 1. The molecule has 0 radical (unpaired) electrons. The van der Waals surface area contributed by atoms with Gasteiger partial charge in [-0.2, -0.15) is 0 Å². The second kappa shape index (κ2) is 5.40. The van der Waals surface area contributed by atoms with Gasteiger partial charge in [-0.15, -0.1) is 0 Å². The Balaban J connectivity index is 2.51. The highest BCUT2D eigenvalue weighted by molar-refractivity contribution is 5.29. The van der Waals surface area contributed by atoms with E-state index in [9.17, 15) is 0 Å². The van der Waals surface area contributed by atoms with E-state index in [1.165, 1.54) is 5.56 Å². The molecule has 0 bridgehead atoms.